The van der Waals surface area contributed by atoms with E-state index in [-0.39, 0.29) is 12.2 Å². The molecule has 17 heavy (non-hydrogen) atoms. The summed E-state index contributed by atoms with van der Waals surface area (Å²) in [6.07, 6.45) is 4.52. The molecular weight excluding hydrogens is 218 g/mol. The third kappa shape index (κ3) is 2.12. The predicted octanol–water partition coefficient (Wildman–Crippen LogP) is 1.66. The van der Waals surface area contributed by atoms with E-state index in [1.807, 2.05) is 12.1 Å². The molecule has 1 aromatic heterocycles. The van der Waals surface area contributed by atoms with Crippen molar-refractivity contribution in [2.75, 3.05) is 20.3 Å². The van der Waals surface area contributed by atoms with Gasteiger partial charge in [-0.2, -0.15) is 0 Å². The van der Waals surface area contributed by atoms with Crippen molar-refractivity contribution in [2.24, 2.45) is 0 Å². The first-order valence-corrected chi connectivity index (χ1v) is 6.29. The Morgan fingerprint density at radius 2 is 2.47 bits per heavy atom. The highest BCUT2D eigenvalue weighted by atomic mass is 16.5. The minimum Gasteiger partial charge on any atom is -0.468 e. The van der Waals surface area contributed by atoms with Gasteiger partial charge in [0.15, 0.2) is 0 Å². The highest BCUT2D eigenvalue weighted by Crippen LogP contribution is 2.31. The van der Waals surface area contributed by atoms with Gasteiger partial charge in [0.1, 0.15) is 11.9 Å². The minimum atomic E-state index is 0.204. The number of likely N-dealkylation sites (tertiary alicyclic amines) is 1. The molecule has 2 saturated heterocycles. The summed E-state index contributed by atoms with van der Waals surface area (Å²) in [4.78, 5) is 2.43. The smallest absolute Gasteiger partial charge is 0.117 e. The first-order chi connectivity index (χ1) is 8.38. The van der Waals surface area contributed by atoms with Gasteiger partial charge in [-0.1, -0.05) is 0 Å². The maximum absolute atomic E-state index is 5.86. The summed E-state index contributed by atoms with van der Waals surface area (Å²) in [5.74, 6) is 1.02. The number of methoxy groups -OCH3 is 1. The monoisotopic (exact) mass is 237 g/mol. The van der Waals surface area contributed by atoms with Gasteiger partial charge in [0.25, 0.3) is 0 Å². The molecule has 0 N–H and O–H groups in total. The van der Waals surface area contributed by atoms with Crippen LogP contribution >= 0.6 is 0 Å². The molecule has 0 amide bonds. The van der Waals surface area contributed by atoms with Crippen molar-refractivity contribution in [2.45, 2.75) is 37.6 Å². The lowest BCUT2D eigenvalue weighted by Crippen LogP contribution is -2.41. The van der Waals surface area contributed by atoms with Crippen LogP contribution in [-0.2, 0) is 16.0 Å². The van der Waals surface area contributed by atoms with E-state index in [9.17, 15) is 0 Å². The van der Waals surface area contributed by atoms with E-state index in [2.05, 4.69) is 4.90 Å². The van der Waals surface area contributed by atoms with Crippen molar-refractivity contribution in [3.8, 4) is 0 Å². The molecule has 0 aliphatic carbocycles. The number of nitrogens with zero attached hydrogens (tertiary/aromatic N) is 1. The van der Waals surface area contributed by atoms with Crippen LogP contribution in [0.2, 0.25) is 0 Å². The summed E-state index contributed by atoms with van der Waals surface area (Å²) >= 11 is 0. The van der Waals surface area contributed by atoms with Crippen molar-refractivity contribution in [1.29, 1.82) is 0 Å². The fourth-order valence-electron chi connectivity index (χ4n) is 3.00. The zero-order valence-corrected chi connectivity index (χ0v) is 10.2. The van der Waals surface area contributed by atoms with Crippen molar-refractivity contribution in [3.63, 3.8) is 0 Å². The van der Waals surface area contributed by atoms with E-state index < -0.39 is 0 Å². The molecule has 0 radical (unpaired) electrons. The number of hydrogen-bond acceptors (Lipinski definition) is 4. The van der Waals surface area contributed by atoms with Gasteiger partial charge < -0.3 is 13.9 Å². The number of hydrogen-bond donors (Lipinski definition) is 0. The molecule has 1 aromatic rings. The Labute approximate surface area is 101 Å². The summed E-state index contributed by atoms with van der Waals surface area (Å²) in [6, 6.07) is 4.45. The SMILES string of the molecule is CO[C@H]1CN(Cc2ccco2)[C@@H]2CCCO[C@H]12. The fraction of sp³-hybridized carbons (Fsp3) is 0.692. The molecule has 3 atom stereocenters. The van der Waals surface area contributed by atoms with E-state index in [0.29, 0.717) is 6.04 Å². The molecule has 0 spiro atoms. The van der Waals surface area contributed by atoms with Crippen LogP contribution in [0.3, 0.4) is 0 Å². The lowest BCUT2D eigenvalue weighted by Gasteiger charge is -2.31. The second-order valence-corrected chi connectivity index (χ2v) is 4.83. The largest absolute Gasteiger partial charge is 0.468 e. The number of fused-ring (bicyclic) bond motifs is 1. The van der Waals surface area contributed by atoms with Gasteiger partial charge in [0, 0.05) is 26.3 Å². The highest BCUT2D eigenvalue weighted by molar-refractivity contribution is 5.03. The lowest BCUT2D eigenvalue weighted by molar-refractivity contribution is -0.0657. The number of rotatable bonds is 3. The lowest BCUT2D eigenvalue weighted by atomic mass is 10.0. The van der Waals surface area contributed by atoms with Crippen LogP contribution < -0.4 is 0 Å². The van der Waals surface area contributed by atoms with Gasteiger partial charge in [-0.15, -0.1) is 0 Å². The van der Waals surface area contributed by atoms with Gasteiger partial charge in [-0.3, -0.25) is 4.90 Å². The van der Waals surface area contributed by atoms with Gasteiger partial charge in [-0.25, -0.2) is 0 Å². The summed E-state index contributed by atoms with van der Waals surface area (Å²) in [6.45, 7) is 2.67. The predicted molar refractivity (Wildman–Crippen MR) is 62.7 cm³/mol. The van der Waals surface area contributed by atoms with Crippen LogP contribution in [0.25, 0.3) is 0 Å². The van der Waals surface area contributed by atoms with Crippen molar-refractivity contribution in [3.05, 3.63) is 24.2 Å². The maximum atomic E-state index is 5.86. The zero-order chi connectivity index (χ0) is 11.7. The molecule has 0 unspecified atom stereocenters. The van der Waals surface area contributed by atoms with Crippen LogP contribution in [0.4, 0.5) is 0 Å². The maximum Gasteiger partial charge on any atom is 0.117 e. The molecule has 2 fully saturated rings. The summed E-state index contributed by atoms with van der Waals surface area (Å²) in [5.41, 5.74) is 0. The van der Waals surface area contributed by atoms with Crippen LogP contribution in [0.1, 0.15) is 18.6 Å². The van der Waals surface area contributed by atoms with Gasteiger partial charge in [-0.05, 0) is 25.0 Å². The molecule has 0 aromatic carbocycles. The molecule has 2 aliphatic rings. The molecule has 3 rings (SSSR count). The van der Waals surface area contributed by atoms with Crippen LogP contribution in [-0.4, -0.2) is 43.4 Å². The number of furan rings is 1. The van der Waals surface area contributed by atoms with E-state index >= 15 is 0 Å². The van der Waals surface area contributed by atoms with Crippen molar-refractivity contribution in [1.82, 2.24) is 4.90 Å². The van der Waals surface area contributed by atoms with E-state index in [4.69, 9.17) is 13.9 Å². The Morgan fingerprint density at radius 3 is 3.24 bits per heavy atom. The van der Waals surface area contributed by atoms with Gasteiger partial charge in [0.05, 0.1) is 18.9 Å². The average Bonchev–Trinajstić information content (AvgIpc) is 2.98. The third-order valence-electron chi connectivity index (χ3n) is 3.83. The van der Waals surface area contributed by atoms with Crippen molar-refractivity contribution >= 4 is 0 Å². The van der Waals surface area contributed by atoms with Crippen molar-refractivity contribution < 1.29 is 13.9 Å². The van der Waals surface area contributed by atoms with E-state index in [1.165, 1.54) is 6.42 Å². The van der Waals surface area contributed by atoms with Crippen LogP contribution in [0.5, 0.6) is 0 Å². The Bertz CT molecular complexity index is 352. The summed E-state index contributed by atoms with van der Waals surface area (Å²) in [7, 11) is 1.77. The molecule has 0 bridgehead atoms. The second kappa shape index (κ2) is 4.80. The van der Waals surface area contributed by atoms with E-state index in [1.54, 1.807) is 13.4 Å². The Hall–Kier alpha value is -0.840. The normalized spacial score (nSPS) is 33.8. The number of ether oxygens (including phenoxy) is 2. The van der Waals surface area contributed by atoms with E-state index in [0.717, 1.165) is 31.9 Å². The molecule has 4 nitrogen and oxygen atoms in total. The van der Waals surface area contributed by atoms with Gasteiger partial charge >= 0.3 is 0 Å². The topological polar surface area (TPSA) is 34.8 Å². The molecule has 4 heteroatoms. The quantitative estimate of drug-likeness (QED) is 0.801. The summed E-state index contributed by atoms with van der Waals surface area (Å²) < 4.78 is 16.8. The van der Waals surface area contributed by atoms with Crippen LogP contribution in [0.15, 0.2) is 22.8 Å². The molecule has 2 aliphatic heterocycles. The second-order valence-electron chi connectivity index (χ2n) is 4.83. The Balaban J connectivity index is 1.72. The molecule has 3 heterocycles. The average molecular weight is 237 g/mol. The Kier molecular flexibility index (Phi) is 3.18. The molecule has 0 saturated carbocycles. The Morgan fingerprint density at radius 1 is 1.53 bits per heavy atom. The summed E-state index contributed by atoms with van der Waals surface area (Å²) in [5, 5.41) is 0. The standard InChI is InChI=1S/C13H19NO3/c1-15-12-9-14(8-10-4-2-6-16-10)11-5-3-7-17-13(11)12/h2,4,6,11-13H,3,5,7-9H2,1H3/t11-,12+,13+/m1/s1. The first kappa shape index (κ1) is 11.3. The van der Waals surface area contributed by atoms with Gasteiger partial charge in [0.2, 0.25) is 0 Å². The minimum absolute atomic E-state index is 0.204. The third-order valence-corrected chi connectivity index (χ3v) is 3.83. The van der Waals surface area contributed by atoms with Crippen LogP contribution in [0, 0.1) is 0 Å². The molecule has 94 valence electrons. The zero-order valence-electron chi connectivity index (χ0n) is 10.2. The first-order valence-electron chi connectivity index (χ1n) is 6.29. The molecular formula is C13H19NO3. The fourth-order valence-corrected chi connectivity index (χ4v) is 3.00. The highest BCUT2D eigenvalue weighted by Gasteiger charge is 2.44.